The lowest BCUT2D eigenvalue weighted by atomic mass is 10.1. The number of carbonyl (C=O) groups is 1. The van der Waals surface area contributed by atoms with Crippen LogP contribution < -0.4 is 5.14 Å². The predicted octanol–water partition coefficient (Wildman–Crippen LogP) is 2.74. The minimum Gasteiger partial charge on any atom is -0.481 e. The van der Waals surface area contributed by atoms with Crippen molar-refractivity contribution < 1.29 is 22.9 Å². The summed E-state index contributed by atoms with van der Waals surface area (Å²) in [6.45, 7) is 2.23. The first kappa shape index (κ1) is 20.7. The Morgan fingerprint density at radius 1 is 0.947 bits per heavy atom. The first-order valence-electron chi connectivity index (χ1n) is 6.74. The second kappa shape index (κ2) is 13.8. The van der Waals surface area contributed by atoms with E-state index >= 15 is 0 Å². The molecule has 0 radical (unpaired) electrons. The van der Waals surface area contributed by atoms with Crippen molar-refractivity contribution in [1.82, 2.24) is 0 Å². The van der Waals surface area contributed by atoms with Crippen LogP contribution in [0.5, 0.6) is 0 Å². The van der Waals surface area contributed by atoms with Gasteiger partial charge in [-0.25, -0.2) is 5.14 Å². The van der Waals surface area contributed by atoms with Crippen LogP contribution in [0, 0.1) is 0 Å². The normalized spacial score (nSPS) is 10.7. The van der Waals surface area contributed by atoms with Crippen LogP contribution >= 0.6 is 0 Å². The number of hydrogen-bond acceptors (Lipinski definition) is 3. The molecule has 0 bridgehead atoms. The van der Waals surface area contributed by atoms with Gasteiger partial charge in [0.25, 0.3) is 0 Å². The van der Waals surface area contributed by atoms with Gasteiger partial charge in [-0.2, -0.15) is 8.42 Å². The summed E-state index contributed by atoms with van der Waals surface area (Å²) in [5.74, 6) is -0.659. The molecule has 0 saturated carbocycles. The Morgan fingerprint density at radius 3 is 1.58 bits per heavy atom. The van der Waals surface area contributed by atoms with Crippen molar-refractivity contribution in [2.24, 2.45) is 5.14 Å². The lowest BCUT2D eigenvalue weighted by Gasteiger charge is -2.00. The molecule has 0 aromatic carbocycles. The number of hydrogen-bond donors (Lipinski definition) is 3. The summed E-state index contributed by atoms with van der Waals surface area (Å²) in [4.78, 5) is 10.2. The van der Waals surface area contributed by atoms with Gasteiger partial charge in [0.15, 0.2) is 0 Å². The first-order valence-corrected chi connectivity index (χ1v) is 8.24. The monoisotopic (exact) mass is 297 g/mol. The fraction of sp³-hybridized carbons (Fsp3) is 0.917. The van der Waals surface area contributed by atoms with E-state index in [9.17, 15) is 4.79 Å². The number of unbranched alkanes of at least 4 members (excludes halogenated alkanes) is 8. The molecule has 6 nitrogen and oxygen atoms in total. The molecule has 0 spiro atoms. The molecule has 0 aromatic rings. The largest absolute Gasteiger partial charge is 0.481 e. The van der Waals surface area contributed by atoms with E-state index in [1.165, 1.54) is 44.9 Å². The molecule has 0 aliphatic rings. The van der Waals surface area contributed by atoms with Gasteiger partial charge in [0.1, 0.15) is 0 Å². The molecule has 7 heteroatoms. The minimum atomic E-state index is -4.17. The average Bonchev–Trinajstić information content (AvgIpc) is 2.24. The van der Waals surface area contributed by atoms with Gasteiger partial charge in [-0.05, 0) is 6.42 Å². The predicted molar refractivity (Wildman–Crippen MR) is 75.2 cm³/mol. The van der Waals surface area contributed by atoms with Crippen molar-refractivity contribution in [3.8, 4) is 0 Å². The molecular formula is C12H27NO5S. The van der Waals surface area contributed by atoms with Crippen LogP contribution in [-0.4, -0.2) is 24.0 Å². The fourth-order valence-corrected chi connectivity index (χ4v) is 1.59. The summed E-state index contributed by atoms with van der Waals surface area (Å²) in [7, 11) is -4.17. The van der Waals surface area contributed by atoms with E-state index in [0.29, 0.717) is 6.42 Å². The van der Waals surface area contributed by atoms with Gasteiger partial charge in [-0.15, -0.1) is 0 Å². The van der Waals surface area contributed by atoms with Crippen LogP contribution in [-0.2, 0) is 15.1 Å². The molecule has 0 aliphatic heterocycles. The first-order chi connectivity index (χ1) is 8.77. The molecule has 0 aliphatic carbocycles. The maximum Gasteiger partial charge on any atom is 0.330 e. The van der Waals surface area contributed by atoms with Crippen LogP contribution in [0.25, 0.3) is 0 Å². The molecule has 0 atom stereocenters. The van der Waals surface area contributed by atoms with Crippen molar-refractivity contribution in [2.45, 2.75) is 71.1 Å². The second-order valence-electron chi connectivity index (χ2n) is 4.49. The van der Waals surface area contributed by atoms with Crippen LogP contribution in [0.2, 0.25) is 0 Å². The number of carboxylic acids is 1. The average molecular weight is 297 g/mol. The lowest BCUT2D eigenvalue weighted by molar-refractivity contribution is -0.137. The number of nitrogens with two attached hydrogens (primary N) is 1. The summed E-state index contributed by atoms with van der Waals surface area (Å²) in [5, 5.41) is 12.3. The Morgan fingerprint density at radius 2 is 1.26 bits per heavy atom. The summed E-state index contributed by atoms with van der Waals surface area (Å²) in [5.41, 5.74) is 0. The SMILES string of the molecule is CCCCCCCCCCCC(=O)O.NS(=O)(=O)O. The number of rotatable bonds is 10. The fourth-order valence-electron chi connectivity index (χ4n) is 1.59. The highest BCUT2D eigenvalue weighted by Crippen LogP contribution is 2.10. The quantitative estimate of drug-likeness (QED) is 0.423. The van der Waals surface area contributed by atoms with Gasteiger partial charge in [0.05, 0.1) is 0 Å². The van der Waals surface area contributed by atoms with E-state index in [2.05, 4.69) is 12.1 Å². The molecule has 19 heavy (non-hydrogen) atoms. The maximum atomic E-state index is 10.2. The third kappa shape index (κ3) is 38.2. The summed E-state index contributed by atoms with van der Waals surface area (Å²) in [6.07, 6.45) is 11.5. The zero-order valence-electron chi connectivity index (χ0n) is 11.7. The molecule has 0 rings (SSSR count). The van der Waals surface area contributed by atoms with E-state index in [1.54, 1.807) is 0 Å². The maximum absolute atomic E-state index is 10.2. The highest BCUT2D eigenvalue weighted by atomic mass is 32.2. The molecule has 0 unspecified atom stereocenters. The van der Waals surface area contributed by atoms with Crippen molar-refractivity contribution in [1.29, 1.82) is 0 Å². The third-order valence-corrected chi connectivity index (χ3v) is 2.49. The van der Waals surface area contributed by atoms with Crippen molar-refractivity contribution in [3.05, 3.63) is 0 Å². The van der Waals surface area contributed by atoms with E-state index in [1.807, 2.05) is 0 Å². The highest BCUT2D eigenvalue weighted by Gasteiger charge is 1.96. The smallest absolute Gasteiger partial charge is 0.330 e. The van der Waals surface area contributed by atoms with E-state index < -0.39 is 16.3 Å². The topological polar surface area (TPSA) is 118 Å². The zero-order chi connectivity index (χ0) is 15.1. The molecular weight excluding hydrogens is 270 g/mol. The van der Waals surface area contributed by atoms with Gasteiger partial charge in [0.2, 0.25) is 0 Å². The summed E-state index contributed by atoms with van der Waals surface area (Å²) >= 11 is 0. The molecule has 0 amide bonds. The molecule has 0 fully saturated rings. The van der Waals surface area contributed by atoms with Crippen LogP contribution in [0.1, 0.15) is 71.1 Å². The highest BCUT2D eigenvalue weighted by molar-refractivity contribution is 7.83. The van der Waals surface area contributed by atoms with Crippen molar-refractivity contribution in [3.63, 3.8) is 0 Å². The van der Waals surface area contributed by atoms with E-state index in [0.717, 1.165) is 12.8 Å². The zero-order valence-corrected chi connectivity index (χ0v) is 12.5. The summed E-state index contributed by atoms with van der Waals surface area (Å²) < 4.78 is 25.2. The Hall–Kier alpha value is -0.660. The number of carboxylic acid groups (broad SMARTS) is 1. The molecule has 116 valence electrons. The second-order valence-corrected chi connectivity index (χ2v) is 5.52. The molecule has 0 saturated heterocycles. The molecule has 4 N–H and O–H groups in total. The van der Waals surface area contributed by atoms with Gasteiger partial charge in [0, 0.05) is 6.42 Å². The van der Waals surface area contributed by atoms with E-state index in [-0.39, 0.29) is 0 Å². The standard InChI is InChI=1S/C12H24O2.H3NO3S/c1-2-3-4-5-6-7-8-9-10-11-12(13)14;1-5(2,3)4/h2-11H2,1H3,(H,13,14);(H3,1,2,3,4). The van der Waals surface area contributed by atoms with E-state index in [4.69, 9.17) is 18.1 Å². The third-order valence-electron chi connectivity index (χ3n) is 2.49. The van der Waals surface area contributed by atoms with Gasteiger partial charge in [-0.3, -0.25) is 9.35 Å². The summed E-state index contributed by atoms with van der Waals surface area (Å²) in [6, 6.07) is 0. The Labute approximate surface area is 116 Å². The van der Waals surface area contributed by atoms with Crippen molar-refractivity contribution >= 4 is 16.3 Å². The number of aliphatic carboxylic acids is 1. The van der Waals surface area contributed by atoms with Crippen molar-refractivity contribution in [2.75, 3.05) is 0 Å². The lowest BCUT2D eigenvalue weighted by Crippen LogP contribution is -2.08. The minimum absolute atomic E-state index is 0.343. The van der Waals surface area contributed by atoms with Crippen LogP contribution in [0.3, 0.4) is 0 Å². The van der Waals surface area contributed by atoms with Gasteiger partial charge in [-0.1, -0.05) is 58.3 Å². The molecule has 0 heterocycles. The van der Waals surface area contributed by atoms with Gasteiger partial charge >= 0.3 is 16.3 Å². The Balaban J connectivity index is 0. The Bertz CT molecular complexity index is 295. The van der Waals surface area contributed by atoms with Crippen LogP contribution in [0.15, 0.2) is 0 Å². The molecule has 0 aromatic heterocycles. The van der Waals surface area contributed by atoms with Gasteiger partial charge < -0.3 is 5.11 Å². The Kier molecular flexibility index (Phi) is 15.0. The van der Waals surface area contributed by atoms with Crippen LogP contribution in [0.4, 0.5) is 0 Å².